The van der Waals surface area contributed by atoms with Crippen LogP contribution in [0.5, 0.6) is 0 Å². The third-order valence-corrected chi connectivity index (χ3v) is 5.15. The van der Waals surface area contributed by atoms with Crippen molar-refractivity contribution in [2.45, 2.75) is 12.5 Å². The maximum atomic E-state index is 11.6. The molecule has 2 N–H and O–H groups in total. The number of aliphatic imine (C=N–C) groups is 1. The first kappa shape index (κ1) is 19.7. The molecule has 1 atom stereocenters. The molecular formula is C17H29N5O2S. The molecule has 1 fully saturated rings. The Balaban J connectivity index is 1.86. The average molecular weight is 368 g/mol. The fraction of sp³-hybridized carbons (Fsp3) is 0.647. The van der Waals surface area contributed by atoms with Crippen LogP contribution >= 0.6 is 11.3 Å². The minimum absolute atomic E-state index is 0.104. The Morgan fingerprint density at radius 3 is 2.76 bits per heavy atom. The summed E-state index contributed by atoms with van der Waals surface area (Å²) in [6.07, 6.45) is 0.450. The van der Waals surface area contributed by atoms with E-state index in [4.69, 9.17) is 4.74 Å². The number of amides is 1. The molecule has 2 rings (SSSR count). The van der Waals surface area contributed by atoms with E-state index in [0.29, 0.717) is 19.0 Å². The summed E-state index contributed by atoms with van der Waals surface area (Å²) in [7, 11) is 5.28. The van der Waals surface area contributed by atoms with Gasteiger partial charge >= 0.3 is 0 Å². The van der Waals surface area contributed by atoms with Crippen LogP contribution in [0.2, 0.25) is 0 Å². The van der Waals surface area contributed by atoms with Crippen molar-refractivity contribution in [3.63, 3.8) is 0 Å². The van der Waals surface area contributed by atoms with Crippen LogP contribution in [0.3, 0.4) is 0 Å². The highest BCUT2D eigenvalue weighted by Gasteiger charge is 2.23. The van der Waals surface area contributed by atoms with Crippen LogP contribution < -0.4 is 10.6 Å². The van der Waals surface area contributed by atoms with E-state index in [9.17, 15) is 4.79 Å². The number of ether oxygens (including phenoxy) is 1. The smallest absolute Gasteiger partial charge is 0.223 e. The van der Waals surface area contributed by atoms with Gasteiger partial charge in [0.2, 0.25) is 5.91 Å². The van der Waals surface area contributed by atoms with Crippen LogP contribution in [0.4, 0.5) is 0 Å². The molecule has 8 heteroatoms. The van der Waals surface area contributed by atoms with Gasteiger partial charge in [0, 0.05) is 58.6 Å². The summed E-state index contributed by atoms with van der Waals surface area (Å²) < 4.78 is 5.48. The zero-order valence-electron chi connectivity index (χ0n) is 15.3. The monoisotopic (exact) mass is 367 g/mol. The highest BCUT2D eigenvalue weighted by molar-refractivity contribution is 7.10. The summed E-state index contributed by atoms with van der Waals surface area (Å²) in [5.74, 6) is 0.828. The number of morpholine rings is 1. The number of nitrogens with zero attached hydrogens (tertiary/aromatic N) is 3. The Morgan fingerprint density at radius 1 is 1.40 bits per heavy atom. The molecule has 2 heterocycles. The standard InChI is InChI=1S/C17H29N5O2S/c1-18-17(19-7-6-16(23)21(2)3)20-13-14(15-5-4-12-25-15)22-8-10-24-11-9-22/h4-5,12,14H,6-11,13H2,1-3H3,(H2,18,19,20). The third kappa shape index (κ3) is 6.30. The lowest BCUT2D eigenvalue weighted by atomic mass is 10.2. The first-order chi connectivity index (χ1) is 12.1. The maximum absolute atomic E-state index is 11.6. The molecule has 1 aromatic heterocycles. The van der Waals surface area contributed by atoms with E-state index in [0.717, 1.165) is 38.8 Å². The molecular weight excluding hydrogens is 338 g/mol. The predicted molar refractivity (Wildman–Crippen MR) is 102 cm³/mol. The molecule has 1 saturated heterocycles. The summed E-state index contributed by atoms with van der Waals surface area (Å²) in [6, 6.07) is 4.57. The molecule has 1 unspecified atom stereocenters. The van der Waals surface area contributed by atoms with Crippen molar-refractivity contribution in [3.05, 3.63) is 22.4 Å². The molecule has 25 heavy (non-hydrogen) atoms. The van der Waals surface area contributed by atoms with Crippen LogP contribution in [-0.4, -0.2) is 82.2 Å². The van der Waals surface area contributed by atoms with Gasteiger partial charge in [-0.15, -0.1) is 11.3 Å². The van der Waals surface area contributed by atoms with Gasteiger partial charge in [-0.25, -0.2) is 0 Å². The highest BCUT2D eigenvalue weighted by atomic mass is 32.1. The van der Waals surface area contributed by atoms with E-state index < -0.39 is 0 Å². The predicted octanol–water partition coefficient (Wildman–Crippen LogP) is 0.765. The molecule has 1 aliphatic rings. The molecule has 0 spiro atoms. The third-order valence-electron chi connectivity index (χ3n) is 4.17. The van der Waals surface area contributed by atoms with Crippen molar-refractivity contribution in [2.24, 2.45) is 4.99 Å². The lowest BCUT2D eigenvalue weighted by molar-refractivity contribution is -0.128. The largest absolute Gasteiger partial charge is 0.379 e. The highest BCUT2D eigenvalue weighted by Crippen LogP contribution is 2.25. The minimum Gasteiger partial charge on any atom is -0.379 e. The first-order valence-electron chi connectivity index (χ1n) is 8.61. The van der Waals surface area contributed by atoms with Gasteiger partial charge in [-0.1, -0.05) is 6.07 Å². The molecule has 0 saturated carbocycles. The summed E-state index contributed by atoms with van der Waals surface area (Å²) in [4.78, 5) is 21.3. The van der Waals surface area contributed by atoms with Gasteiger partial charge in [0.15, 0.2) is 5.96 Å². The van der Waals surface area contributed by atoms with Gasteiger partial charge in [-0.05, 0) is 11.4 Å². The average Bonchev–Trinajstić information content (AvgIpc) is 3.15. The van der Waals surface area contributed by atoms with Gasteiger partial charge in [-0.3, -0.25) is 14.7 Å². The van der Waals surface area contributed by atoms with E-state index in [2.05, 4.69) is 38.0 Å². The maximum Gasteiger partial charge on any atom is 0.223 e. The van der Waals surface area contributed by atoms with Crippen molar-refractivity contribution < 1.29 is 9.53 Å². The number of thiophene rings is 1. The van der Waals surface area contributed by atoms with Crippen molar-refractivity contribution in [1.29, 1.82) is 0 Å². The zero-order chi connectivity index (χ0) is 18.1. The molecule has 0 bridgehead atoms. The summed E-state index contributed by atoms with van der Waals surface area (Å²) >= 11 is 1.78. The number of carbonyl (C=O) groups excluding carboxylic acids is 1. The van der Waals surface area contributed by atoms with Crippen molar-refractivity contribution in [2.75, 3.05) is 60.5 Å². The number of hydrogen-bond acceptors (Lipinski definition) is 5. The van der Waals surface area contributed by atoms with Crippen LogP contribution in [0, 0.1) is 0 Å². The van der Waals surface area contributed by atoms with Gasteiger partial charge < -0.3 is 20.3 Å². The molecule has 1 aliphatic heterocycles. The molecule has 0 aromatic carbocycles. The van der Waals surface area contributed by atoms with E-state index in [1.807, 2.05) is 0 Å². The summed E-state index contributed by atoms with van der Waals surface area (Å²) in [5, 5.41) is 8.72. The van der Waals surface area contributed by atoms with Crippen LogP contribution in [-0.2, 0) is 9.53 Å². The Hall–Kier alpha value is -1.64. The first-order valence-corrected chi connectivity index (χ1v) is 9.49. The topological polar surface area (TPSA) is 69.2 Å². The van der Waals surface area contributed by atoms with Crippen molar-refractivity contribution >= 4 is 23.2 Å². The lowest BCUT2D eigenvalue weighted by Gasteiger charge is -2.34. The second kappa shape index (κ2) is 10.4. The molecule has 140 valence electrons. The Kier molecular flexibility index (Phi) is 8.17. The number of guanidine groups is 1. The Bertz CT molecular complexity index is 541. The van der Waals surface area contributed by atoms with Crippen molar-refractivity contribution in [1.82, 2.24) is 20.4 Å². The zero-order valence-corrected chi connectivity index (χ0v) is 16.1. The van der Waals surface area contributed by atoms with E-state index in [-0.39, 0.29) is 5.91 Å². The van der Waals surface area contributed by atoms with E-state index in [1.54, 1.807) is 37.4 Å². The van der Waals surface area contributed by atoms with E-state index >= 15 is 0 Å². The fourth-order valence-corrected chi connectivity index (χ4v) is 3.57. The molecule has 1 aromatic rings. The van der Waals surface area contributed by atoms with Gasteiger partial charge in [0.05, 0.1) is 19.3 Å². The second-order valence-electron chi connectivity index (χ2n) is 6.10. The SMILES string of the molecule is CN=C(NCCC(=O)N(C)C)NCC(c1cccs1)N1CCOCC1. The van der Waals surface area contributed by atoms with Crippen LogP contribution in [0.1, 0.15) is 17.3 Å². The Morgan fingerprint density at radius 2 is 2.16 bits per heavy atom. The quantitative estimate of drug-likeness (QED) is 0.550. The van der Waals surface area contributed by atoms with Crippen molar-refractivity contribution in [3.8, 4) is 0 Å². The normalized spacial score (nSPS) is 17.2. The van der Waals surface area contributed by atoms with Gasteiger partial charge in [-0.2, -0.15) is 0 Å². The summed E-state index contributed by atoms with van der Waals surface area (Å²) in [6.45, 7) is 4.77. The Labute approximate surface area is 154 Å². The van der Waals surface area contributed by atoms with Gasteiger partial charge in [0.1, 0.15) is 0 Å². The lowest BCUT2D eigenvalue weighted by Crippen LogP contribution is -2.46. The van der Waals surface area contributed by atoms with Gasteiger partial charge in [0.25, 0.3) is 0 Å². The molecule has 0 radical (unpaired) electrons. The van der Waals surface area contributed by atoms with Crippen LogP contribution in [0.15, 0.2) is 22.5 Å². The number of carbonyl (C=O) groups is 1. The summed E-state index contributed by atoms with van der Waals surface area (Å²) in [5.41, 5.74) is 0. The minimum atomic E-state index is 0.104. The second-order valence-corrected chi connectivity index (χ2v) is 7.08. The number of rotatable bonds is 7. The fourth-order valence-electron chi connectivity index (χ4n) is 2.71. The molecule has 1 amide bonds. The molecule has 7 nitrogen and oxygen atoms in total. The van der Waals surface area contributed by atoms with E-state index in [1.165, 1.54) is 4.88 Å². The molecule has 0 aliphatic carbocycles. The number of hydrogen-bond donors (Lipinski definition) is 2. The van der Waals surface area contributed by atoms with Crippen LogP contribution in [0.25, 0.3) is 0 Å². The number of nitrogens with one attached hydrogen (secondary N) is 2.